The number of carbonyl (C=O) groups is 1. The minimum Gasteiger partial charge on any atom is -0.353 e. The van der Waals surface area contributed by atoms with Crippen LogP contribution in [0.2, 0.25) is 0 Å². The quantitative estimate of drug-likeness (QED) is 0.670. The lowest BCUT2D eigenvalue weighted by Gasteiger charge is -2.09. The molecule has 0 spiro atoms. The molecule has 2 rings (SSSR count). The summed E-state index contributed by atoms with van der Waals surface area (Å²) in [7, 11) is 0. The molecule has 0 aliphatic heterocycles. The Morgan fingerprint density at radius 3 is 2.47 bits per heavy atom. The van der Waals surface area contributed by atoms with Crippen molar-refractivity contribution in [3.8, 4) is 0 Å². The average molecular weight is 265 g/mol. The van der Waals surface area contributed by atoms with Gasteiger partial charge in [-0.05, 0) is 31.2 Å². The maximum atomic E-state index is 13.5. The van der Waals surface area contributed by atoms with E-state index < -0.39 is 17.5 Å². The molecule has 98 valence electrons. The van der Waals surface area contributed by atoms with Crippen molar-refractivity contribution >= 4 is 17.2 Å². The normalized spacial score (nSPS) is 10.3. The summed E-state index contributed by atoms with van der Waals surface area (Å²) < 4.78 is 39.3. The van der Waals surface area contributed by atoms with Crippen LogP contribution in [0.4, 0.5) is 24.5 Å². The number of ketones is 1. The molecule has 0 aromatic heterocycles. The van der Waals surface area contributed by atoms with E-state index in [9.17, 15) is 18.0 Å². The van der Waals surface area contributed by atoms with E-state index in [0.29, 0.717) is 11.3 Å². The van der Waals surface area contributed by atoms with Crippen molar-refractivity contribution in [2.75, 3.05) is 5.32 Å². The lowest BCUT2D eigenvalue weighted by Crippen LogP contribution is -2.00. The van der Waals surface area contributed by atoms with Gasteiger partial charge in [-0.15, -0.1) is 0 Å². The van der Waals surface area contributed by atoms with Crippen molar-refractivity contribution in [1.29, 1.82) is 0 Å². The Morgan fingerprint density at radius 1 is 1.05 bits per heavy atom. The highest BCUT2D eigenvalue weighted by atomic mass is 19.2. The van der Waals surface area contributed by atoms with Crippen molar-refractivity contribution < 1.29 is 18.0 Å². The third kappa shape index (κ3) is 2.76. The molecule has 0 aliphatic carbocycles. The molecule has 0 aliphatic rings. The molecular formula is C14H10F3NO. The van der Waals surface area contributed by atoms with Gasteiger partial charge < -0.3 is 5.32 Å². The molecule has 0 saturated carbocycles. The lowest BCUT2D eigenvalue weighted by atomic mass is 10.1. The summed E-state index contributed by atoms with van der Waals surface area (Å²) in [6, 6.07) is 8.23. The number of benzene rings is 2. The molecule has 1 N–H and O–H groups in total. The average Bonchev–Trinajstić information content (AvgIpc) is 2.40. The van der Waals surface area contributed by atoms with Gasteiger partial charge in [-0.3, -0.25) is 4.79 Å². The van der Waals surface area contributed by atoms with Crippen LogP contribution in [-0.4, -0.2) is 5.78 Å². The predicted octanol–water partition coefficient (Wildman–Crippen LogP) is 4.05. The van der Waals surface area contributed by atoms with Crippen LogP contribution in [0.3, 0.4) is 0 Å². The first-order chi connectivity index (χ1) is 8.99. The molecule has 0 unspecified atom stereocenters. The highest BCUT2D eigenvalue weighted by Crippen LogP contribution is 2.24. The molecule has 19 heavy (non-hydrogen) atoms. The number of hydrogen-bond acceptors (Lipinski definition) is 2. The number of nitrogens with one attached hydrogen (secondary N) is 1. The van der Waals surface area contributed by atoms with Gasteiger partial charge in [-0.2, -0.15) is 0 Å². The number of carbonyl (C=O) groups excluding carboxylic acids is 1. The number of Topliss-reactive ketones (excluding diaryl/α,β-unsaturated/α-hetero) is 1. The molecule has 0 saturated heterocycles. The molecule has 0 atom stereocenters. The number of hydrogen-bond donors (Lipinski definition) is 1. The SMILES string of the molecule is CC(=O)c1cccc(Nc2ccc(F)c(F)c2F)c1. The van der Waals surface area contributed by atoms with E-state index in [4.69, 9.17) is 0 Å². The lowest BCUT2D eigenvalue weighted by molar-refractivity contribution is 0.101. The summed E-state index contributed by atoms with van der Waals surface area (Å²) in [6.07, 6.45) is 0. The fraction of sp³-hybridized carbons (Fsp3) is 0.0714. The van der Waals surface area contributed by atoms with Crippen LogP contribution in [0, 0.1) is 17.5 Å². The Labute approximate surface area is 107 Å². The smallest absolute Gasteiger partial charge is 0.196 e. The standard InChI is InChI=1S/C14H10F3NO/c1-8(19)9-3-2-4-10(7-9)18-12-6-5-11(15)13(16)14(12)17/h2-7,18H,1H3. The maximum Gasteiger partial charge on any atom is 0.196 e. The minimum atomic E-state index is -1.53. The zero-order valence-corrected chi connectivity index (χ0v) is 10.0. The molecule has 0 radical (unpaired) electrons. The first-order valence-electron chi connectivity index (χ1n) is 5.50. The third-order valence-corrected chi connectivity index (χ3v) is 2.58. The summed E-state index contributed by atoms with van der Waals surface area (Å²) in [5.74, 6) is -4.23. The van der Waals surface area contributed by atoms with Gasteiger partial charge in [0.05, 0.1) is 5.69 Å². The molecule has 5 heteroatoms. The van der Waals surface area contributed by atoms with E-state index in [-0.39, 0.29) is 11.5 Å². The molecular weight excluding hydrogens is 255 g/mol. The van der Waals surface area contributed by atoms with Gasteiger partial charge in [0.2, 0.25) is 0 Å². The molecule has 0 bridgehead atoms. The third-order valence-electron chi connectivity index (χ3n) is 2.58. The van der Waals surface area contributed by atoms with Crippen molar-refractivity contribution in [2.24, 2.45) is 0 Å². The molecule has 2 aromatic carbocycles. The van der Waals surface area contributed by atoms with Gasteiger partial charge in [0, 0.05) is 11.3 Å². The van der Waals surface area contributed by atoms with Crippen LogP contribution in [0.5, 0.6) is 0 Å². The monoisotopic (exact) mass is 265 g/mol. The van der Waals surface area contributed by atoms with Crippen molar-refractivity contribution in [1.82, 2.24) is 0 Å². The summed E-state index contributed by atoms with van der Waals surface area (Å²) in [4.78, 5) is 11.2. The molecule has 0 amide bonds. The highest BCUT2D eigenvalue weighted by Gasteiger charge is 2.13. The number of anilines is 2. The van der Waals surface area contributed by atoms with Gasteiger partial charge in [-0.25, -0.2) is 13.2 Å². The van der Waals surface area contributed by atoms with Gasteiger partial charge in [-0.1, -0.05) is 12.1 Å². The minimum absolute atomic E-state index is 0.144. The fourth-order valence-electron chi connectivity index (χ4n) is 1.59. The highest BCUT2D eigenvalue weighted by molar-refractivity contribution is 5.95. The number of rotatable bonds is 3. The van der Waals surface area contributed by atoms with E-state index in [1.54, 1.807) is 18.2 Å². The van der Waals surface area contributed by atoms with Gasteiger partial charge >= 0.3 is 0 Å². The van der Waals surface area contributed by atoms with E-state index in [0.717, 1.165) is 12.1 Å². The van der Waals surface area contributed by atoms with Crippen molar-refractivity contribution in [2.45, 2.75) is 6.92 Å². The van der Waals surface area contributed by atoms with Crippen molar-refractivity contribution in [3.63, 3.8) is 0 Å². The fourth-order valence-corrected chi connectivity index (χ4v) is 1.59. The summed E-state index contributed by atoms with van der Waals surface area (Å²) >= 11 is 0. The molecule has 2 nitrogen and oxygen atoms in total. The van der Waals surface area contributed by atoms with Crippen LogP contribution in [0.15, 0.2) is 36.4 Å². The Bertz CT molecular complexity index is 641. The van der Waals surface area contributed by atoms with Crippen LogP contribution >= 0.6 is 0 Å². The topological polar surface area (TPSA) is 29.1 Å². The number of halogens is 3. The first kappa shape index (κ1) is 13.1. The van der Waals surface area contributed by atoms with Crippen LogP contribution in [0.25, 0.3) is 0 Å². The van der Waals surface area contributed by atoms with Crippen molar-refractivity contribution in [3.05, 3.63) is 59.4 Å². The van der Waals surface area contributed by atoms with Crippen LogP contribution in [0.1, 0.15) is 17.3 Å². The Morgan fingerprint density at radius 2 is 1.79 bits per heavy atom. The second-order valence-electron chi connectivity index (χ2n) is 3.98. The maximum absolute atomic E-state index is 13.5. The van der Waals surface area contributed by atoms with Crippen LogP contribution < -0.4 is 5.32 Å². The van der Waals surface area contributed by atoms with Gasteiger partial charge in [0.25, 0.3) is 0 Å². The Hall–Kier alpha value is -2.30. The molecule has 2 aromatic rings. The van der Waals surface area contributed by atoms with E-state index in [2.05, 4.69) is 5.32 Å². The predicted molar refractivity (Wildman–Crippen MR) is 66.0 cm³/mol. The van der Waals surface area contributed by atoms with Gasteiger partial charge in [0.15, 0.2) is 23.2 Å². The molecule has 0 heterocycles. The van der Waals surface area contributed by atoms with E-state index >= 15 is 0 Å². The summed E-state index contributed by atoms with van der Waals surface area (Å²) in [5, 5.41) is 2.60. The largest absolute Gasteiger partial charge is 0.353 e. The first-order valence-corrected chi connectivity index (χ1v) is 5.50. The summed E-state index contributed by atoms with van der Waals surface area (Å²) in [6.45, 7) is 1.40. The summed E-state index contributed by atoms with van der Waals surface area (Å²) in [5.41, 5.74) is 0.658. The molecule has 0 fully saturated rings. The zero-order chi connectivity index (χ0) is 14.0. The second-order valence-corrected chi connectivity index (χ2v) is 3.98. The Kier molecular flexibility index (Phi) is 3.55. The zero-order valence-electron chi connectivity index (χ0n) is 10.0. The van der Waals surface area contributed by atoms with E-state index in [1.807, 2.05) is 0 Å². The second kappa shape index (κ2) is 5.14. The van der Waals surface area contributed by atoms with Crippen LogP contribution in [-0.2, 0) is 0 Å². The van der Waals surface area contributed by atoms with E-state index in [1.165, 1.54) is 13.0 Å². The van der Waals surface area contributed by atoms with Gasteiger partial charge in [0.1, 0.15) is 0 Å². The Balaban J connectivity index is 2.34.